The van der Waals surface area contributed by atoms with Gasteiger partial charge in [-0.1, -0.05) is 20.3 Å². The van der Waals surface area contributed by atoms with Gasteiger partial charge in [0.15, 0.2) is 0 Å². The molecule has 1 heterocycles. The Kier molecular flexibility index (Phi) is 5.30. The van der Waals surface area contributed by atoms with Gasteiger partial charge in [0.05, 0.1) is 0 Å². The predicted molar refractivity (Wildman–Crippen MR) is 74.3 cm³/mol. The second-order valence-electron chi connectivity index (χ2n) is 5.90. The van der Waals surface area contributed by atoms with Gasteiger partial charge in [0.2, 0.25) is 0 Å². The summed E-state index contributed by atoms with van der Waals surface area (Å²) in [7, 11) is 0. The molecule has 0 radical (unpaired) electrons. The standard InChI is InChI=1S/C15H30N2/c1-3-14(4-2)16-10-12-17-11-6-8-13-7-5-9-15(13)17/h13-16H,3-12H2,1-2H3. The van der Waals surface area contributed by atoms with Crippen LogP contribution >= 0.6 is 0 Å². The molecule has 0 amide bonds. The van der Waals surface area contributed by atoms with Crippen LogP contribution in [0.15, 0.2) is 0 Å². The topological polar surface area (TPSA) is 15.3 Å². The second kappa shape index (κ2) is 6.75. The van der Waals surface area contributed by atoms with Crippen LogP contribution in [-0.2, 0) is 0 Å². The highest BCUT2D eigenvalue weighted by molar-refractivity contribution is 4.89. The Hall–Kier alpha value is -0.0800. The lowest BCUT2D eigenvalue weighted by Crippen LogP contribution is -2.46. The third kappa shape index (κ3) is 3.45. The summed E-state index contributed by atoms with van der Waals surface area (Å²) in [6.45, 7) is 8.39. The number of nitrogens with zero attached hydrogens (tertiary/aromatic N) is 1. The number of hydrogen-bond acceptors (Lipinski definition) is 2. The maximum Gasteiger partial charge on any atom is 0.0124 e. The first-order chi connectivity index (χ1) is 8.35. The largest absolute Gasteiger partial charge is 0.313 e. The van der Waals surface area contributed by atoms with Gasteiger partial charge < -0.3 is 5.32 Å². The quantitative estimate of drug-likeness (QED) is 0.765. The molecule has 0 aromatic heterocycles. The van der Waals surface area contributed by atoms with Crippen molar-refractivity contribution in [2.75, 3.05) is 19.6 Å². The molecule has 2 unspecified atom stereocenters. The van der Waals surface area contributed by atoms with Crippen molar-refractivity contribution in [1.29, 1.82) is 0 Å². The van der Waals surface area contributed by atoms with Crippen LogP contribution in [0.5, 0.6) is 0 Å². The van der Waals surface area contributed by atoms with Crippen molar-refractivity contribution in [2.24, 2.45) is 5.92 Å². The van der Waals surface area contributed by atoms with Crippen LogP contribution < -0.4 is 5.32 Å². The molecule has 17 heavy (non-hydrogen) atoms. The van der Waals surface area contributed by atoms with Crippen LogP contribution in [-0.4, -0.2) is 36.6 Å². The molecule has 1 aliphatic heterocycles. The van der Waals surface area contributed by atoms with Gasteiger partial charge in [-0.25, -0.2) is 0 Å². The third-order valence-corrected chi connectivity index (χ3v) is 4.93. The second-order valence-corrected chi connectivity index (χ2v) is 5.90. The fraction of sp³-hybridized carbons (Fsp3) is 1.00. The monoisotopic (exact) mass is 238 g/mol. The zero-order valence-electron chi connectivity index (χ0n) is 11.8. The summed E-state index contributed by atoms with van der Waals surface area (Å²) in [5, 5.41) is 3.70. The summed E-state index contributed by atoms with van der Waals surface area (Å²) < 4.78 is 0. The zero-order chi connectivity index (χ0) is 12.1. The van der Waals surface area contributed by atoms with Crippen LogP contribution in [0, 0.1) is 5.92 Å². The highest BCUT2D eigenvalue weighted by Crippen LogP contribution is 2.36. The lowest BCUT2D eigenvalue weighted by Gasteiger charge is -2.38. The average molecular weight is 238 g/mol. The van der Waals surface area contributed by atoms with E-state index in [1.54, 1.807) is 0 Å². The van der Waals surface area contributed by atoms with E-state index in [4.69, 9.17) is 0 Å². The van der Waals surface area contributed by atoms with Crippen LogP contribution in [0.1, 0.15) is 58.8 Å². The van der Waals surface area contributed by atoms with E-state index in [1.165, 1.54) is 64.6 Å². The van der Waals surface area contributed by atoms with Crippen molar-refractivity contribution in [2.45, 2.75) is 70.9 Å². The fourth-order valence-electron chi connectivity index (χ4n) is 3.82. The fourth-order valence-corrected chi connectivity index (χ4v) is 3.82. The van der Waals surface area contributed by atoms with Crippen molar-refractivity contribution in [1.82, 2.24) is 10.2 Å². The van der Waals surface area contributed by atoms with E-state index >= 15 is 0 Å². The molecule has 2 fully saturated rings. The first-order valence-electron chi connectivity index (χ1n) is 7.82. The average Bonchev–Trinajstić information content (AvgIpc) is 2.83. The molecule has 1 N–H and O–H groups in total. The summed E-state index contributed by atoms with van der Waals surface area (Å²) in [6.07, 6.45) is 9.92. The molecular formula is C15H30N2. The predicted octanol–water partition coefficient (Wildman–Crippen LogP) is 3.03. The number of hydrogen-bond donors (Lipinski definition) is 1. The molecule has 0 aromatic rings. The van der Waals surface area contributed by atoms with Crippen LogP contribution in [0.3, 0.4) is 0 Å². The van der Waals surface area contributed by atoms with Crippen molar-refractivity contribution in [3.63, 3.8) is 0 Å². The minimum atomic E-state index is 0.735. The van der Waals surface area contributed by atoms with E-state index in [0.717, 1.165) is 18.0 Å². The lowest BCUT2D eigenvalue weighted by molar-refractivity contribution is 0.113. The van der Waals surface area contributed by atoms with Gasteiger partial charge in [-0.2, -0.15) is 0 Å². The number of rotatable bonds is 6. The van der Waals surface area contributed by atoms with E-state index < -0.39 is 0 Å². The zero-order valence-corrected chi connectivity index (χ0v) is 11.8. The Morgan fingerprint density at radius 2 is 1.88 bits per heavy atom. The van der Waals surface area contributed by atoms with Gasteiger partial charge >= 0.3 is 0 Å². The molecule has 0 bridgehead atoms. The van der Waals surface area contributed by atoms with Gasteiger partial charge in [0.25, 0.3) is 0 Å². The van der Waals surface area contributed by atoms with Crippen molar-refractivity contribution < 1.29 is 0 Å². The Bertz CT molecular complexity index is 213. The summed E-state index contributed by atoms with van der Waals surface area (Å²) in [5.74, 6) is 1.04. The highest BCUT2D eigenvalue weighted by atomic mass is 15.2. The molecule has 2 rings (SSSR count). The molecule has 0 spiro atoms. The Morgan fingerprint density at radius 1 is 1.12 bits per heavy atom. The number of likely N-dealkylation sites (tertiary alicyclic amines) is 1. The molecule has 2 aliphatic rings. The minimum absolute atomic E-state index is 0.735. The van der Waals surface area contributed by atoms with Gasteiger partial charge in [-0.15, -0.1) is 0 Å². The first-order valence-corrected chi connectivity index (χ1v) is 7.82. The summed E-state index contributed by atoms with van der Waals surface area (Å²) >= 11 is 0. The number of fused-ring (bicyclic) bond motifs is 1. The summed E-state index contributed by atoms with van der Waals surface area (Å²) in [5.41, 5.74) is 0. The van der Waals surface area contributed by atoms with E-state index in [0.29, 0.717) is 0 Å². The lowest BCUT2D eigenvalue weighted by atomic mass is 9.92. The molecule has 1 saturated heterocycles. The normalized spacial score (nSPS) is 29.8. The Balaban J connectivity index is 1.71. The van der Waals surface area contributed by atoms with Crippen LogP contribution in [0.4, 0.5) is 0 Å². The Labute approximate surface area is 107 Å². The van der Waals surface area contributed by atoms with Crippen LogP contribution in [0.25, 0.3) is 0 Å². The molecule has 100 valence electrons. The minimum Gasteiger partial charge on any atom is -0.313 e. The van der Waals surface area contributed by atoms with Crippen molar-refractivity contribution in [3.05, 3.63) is 0 Å². The molecule has 1 saturated carbocycles. The summed E-state index contributed by atoms with van der Waals surface area (Å²) in [4.78, 5) is 2.77. The third-order valence-electron chi connectivity index (χ3n) is 4.93. The van der Waals surface area contributed by atoms with Crippen molar-refractivity contribution >= 4 is 0 Å². The maximum absolute atomic E-state index is 3.70. The molecule has 0 aromatic carbocycles. The Morgan fingerprint density at radius 3 is 2.65 bits per heavy atom. The molecular weight excluding hydrogens is 208 g/mol. The van der Waals surface area contributed by atoms with Crippen LogP contribution in [0.2, 0.25) is 0 Å². The molecule has 2 heteroatoms. The highest BCUT2D eigenvalue weighted by Gasteiger charge is 2.34. The van der Waals surface area contributed by atoms with Gasteiger partial charge in [0.1, 0.15) is 0 Å². The molecule has 2 nitrogen and oxygen atoms in total. The molecule has 1 aliphatic carbocycles. The summed E-state index contributed by atoms with van der Waals surface area (Å²) in [6, 6.07) is 1.67. The van der Waals surface area contributed by atoms with E-state index in [1.807, 2.05) is 0 Å². The van der Waals surface area contributed by atoms with Gasteiger partial charge in [-0.3, -0.25) is 4.90 Å². The van der Waals surface area contributed by atoms with E-state index in [-0.39, 0.29) is 0 Å². The number of nitrogens with one attached hydrogen (secondary N) is 1. The molecule has 2 atom stereocenters. The SMILES string of the molecule is CCC(CC)NCCN1CCCC2CCCC21. The van der Waals surface area contributed by atoms with Crippen molar-refractivity contribution in [3.8, 4) is 0 Å². The van der Waals surface area contributed by atoms with Gasteiger partial charge in [0, 0.05) is 25.2 Å². The first kappa shape index (κ1) is 13.4. The van der Waals surface area contributed by atoms with E-state index in [2.05, 4.69) is 24.1 Å². The number of piperidine rings is 1. The van der Waals surface area contributed by atoms with E-state index in [9.17, 15) is 0 Å². The maximum atomic E-state index is 3.70. The smallest absolute Gasteiger partial charge is 0.0124 e. The van der Waals surface area contributed by atoms with Gasteiger partial charge in [-0.05, 0) is 51.0 Å².